The molecule has 3 rings (SSSR count). The number of rotatable bonds is 7. The summed E-state index contributed by atoms with van der Waals surface area (Å²) in [5, 5.41) is 2.47. The van der Waals surface area contributed by atoms with Crippen LogP contribution in [0.4, 0.5) is 15.8 Å². The molecule has 2 aromatic carbocycles. The lowest BCUT2D eigenvalue weighted by Crippen LogP contribution is -2.33. The first kappa shape index (κ1) is 20.6. The molecule has 1 aliphatic rings. The number of nitrogens with one attached hydrogen (secondary N) is 1. The van der Waals surface area contributed by atoms with Gasteiger partial charge in [0.05, 0.1) is 7.11 Å². The number of methoxy groups -OCH3 is 1. The predicted octanol–water partition coefficient (Wildman–Crippen LogP) is 3.98. The fraction of sp³-hybridized carbons (Fsp3) is 0.190. The van der Waals surface area contributed by atoms with Crippen LogP contribution in [0.15, 0.2) is 66.2 Å². The van der Waals surface area contributed by atoms with Gasteiger partial charge in [-0.15, -0.1) is 6.58 Å². The van der Waals surface area contributed by atoms with Crippen LogP contribution in [-0.2, 0) is 9.59 Å². The van der Waals surface area contributed by atoms with Crippen molar-refractivity contribution in [2.45, 2.75) is 11.7 Å². The van der Waals surface area contributed by atoms with Crippen molar-refractivity contribution in [3.63, 3.8) is 0 Å². The van der Waals surface area contributed by atoms with Gasteiger partial charge in [-0.3, -0.25) is 14.5 Å². The van der Waals surface area contributed by atoms with Crippen LogP contribution in [0, 0.1) is 5.82 Å². The molecule has 1 N–H and O–H groups in total. The molecule has 0 saturated carbocycles. The molecule has 1 atom stereocenters. The zero-order chi connectivity index (χ0) is 20.8. The molecule has 1 heterocycles. The number of carbonyl (C=O) groups excluding carboxylic acids is 2. The Morgan fingerprint density at radius 3 is 2.69 bits per heavy atom. The molecule has 1 aliphatic heterocycles. The minimum absolute atomic E-state index is 0.0283. The summed E-state index contributed by atoms with van der Waals surface area (Å²) < 4.78 is 19.0. The molecule has 0 spiro atoms. The molecule has 2 amide bonds. The molecule has 0 aromatic heterocycles. The normalized spacial score (nSPS) is 17.4. The summed E-state index contributed by atoms with van der Waals surface area (Å²) in [4.78, 5) is 30.8. The van der Waals surface area contributed by atoms with Crippen molar-refractivity contribution in [2.24, 2.45) is 4.99 Å². The second kappa shape index (κ2) is 9.38. The highest BCUT2D eigenvalue weighted by molar-refractivity contribution is 8.15. The fourth-order valence-electron chi connectivity index (χ4n) is 2.72. The summed E-state index contributed by atoms with van der Waals surface area (Å²) in [7, 11) is 1.56. The highest BCUT2D eigenvalue weighted by atomic mass is 32.2. The number of anilines is 1. The maximum Gasteiger partial charge on any atom is 0.242 e. The van der Waals surface area contributed by atoms with E-state index < -0.39 is 11.1 Å². The number of para-hydroxylation sites is 1. The lowest BCUT2D eigenvalue weighted by atomic mass is 10.2. The van der Waals surface area contributed by atoms with Crippen molar-refractivity contribution in [2.75, 3.05) is 19.0 Å². The zero-order valence-electron chi connectivity index (χ0n) is 15.8. The van der Waals surface area contributed by atoms with Crippen molar-refractivity contribution in [1.82, 2.24) is 4.90 Å². The van der Waals surface area contributed by atoms with Crippen molar-refractivity contribution in [1.29, 1.82) is 0 Å². The molecule has 2 aromatic rings. The number of halogens is 1. The maximum absolute atomic E-state index is 13.9. The van der Waals surface area contributed by atoms with E-state index in [1.807, 2.05) is 0 Å². The van der Waals surface area contributed by atoms with Gasteiger partial charge >= 0.3 is 0 Å². The van der Waals surface area contributed by atoms with Gasteiger partial charge in [-0.05, 0) is 36.4 Å². The van der Waals surface area contributed by atoms with E-state index in [4.69, 9.17) is 4.74 Å². The molecular weight excluding hydrogens is 393 g/mol. The van der Waals surface area contributed by atoms with Gasteiger partial charge in [0.1, 0.15) is 22.5 Å². The highest BCUT2D eigenvalue weighted by Gasteiger charge is 2.38. The Labute approximate surface area is 172 Å². The number of amidine groups is 1. The Morgan fingerprint density at radius 1 is 1.31 bits per heavy atom. The summed E-state index contributed by atoms with van der Waals surface area (Å²) in [6, 6.07) is 13.0. The molecule has 8 heteroatoms. The van der Waals surface area contributed by atoms with Gasteiger partial charge < -0.3 is 10.1 Å². The van der Waals surface area contributed by atoms with E-state index in [2.05, 4.69) is 16.9 Å². The molecule has 0 bridgehead atoms. The highest BCUT2D eigenvalue weighted by Crippen LogP contribution is 2.32. The second-order valence-electron chi connectivity index (χ2n) is 6.17. The lowest BCUT2D eigenvalue weighted by molar-refractivity contribution is -0.127. The molecule has 1 saturated heterocycles. The third kappa shape index (κ3) is 5.03. The van der Waals surface area contributed by atoms with Gasteiger partial charge in [0.2, 0.25) is 11.8 Å². The van der Waals surface area contributed by atoms with E-state index in [0.717, 1.165) is 11.8 Å². The molecule has 1 fully saturated rings. The summed E-state index contributed by atoms with van der Waals surface area (Å²) in [5.74, 6) is -0.354. The first-order valence-corrected chi connectivity index (χ1v) is 9.76. The summed E-state index contributed by atoms with van der Waals surface area (Å²) >= 11 is 1.15. The van der Waals surface area contributed by atoms with E-state index in [9.17, 15) is 14.0 Å². The van der Waals surface area contributed by atoms with Crippen LogP contribution in [0.2, 0.25) is 0 Å². The fourth-order valence-corrected chi connectivity index (χ4v) is 3.88. The van der Waals surface area contributed by atoms with Gasteiger partial charge in [0.25, 0.3) is 0 Å². The zero-order valence-corrected chi connectivity index (χ0v) is 16.6. The van der Waals surface area contributed by atoms with Crippen LogP contribution in [0.5, 0.6) is 5.75 Å². The van der Waals surface area contributed by atoms with Gasteiger partial charge in [0.15, 0.2) is 5.17 Å². The Bertz CT molecular complexity index is 946. The monoisotopic (exact) mass is 413 g/mol. The standard InChI is InChI=1S/C21H20FN3O3S/c1-3-12-25-20(27)18(29-21(25)24-17-7-5-4-6-16(17)22)13-19(26)23-14-8-10-15(28-2)11-9-14/h3-11,18H,1,12-13H2,2H3,(H,23,26)/t18-/m1/s1. The first-order valence-electron chi connectivity index (χ1n) is 8.88. The van der Waals surface area contributed by atoms with Crippen LogP contribution in [0.3, 0.4) is 0 Å². The van der Waals surface area contributed by atoms with E-state index in [1.165, 1.54) is 17.0 Å². The molecule has 29 heavy (non-hydrogen) atoms. The number of hydrogen-bond donors (Lipinski definition) is 1. The van der Waals surface area contributed by atoms with E-state index in [-0.39, 0.29) is 30.5 Å². The molecule has 0 aliphatic carbocycles. The number of thioether (sulfide) groups is 1. The van der Waals surface area contributed by atoms with E-state index >= 15 is 0 Å². The molecule has 6 nitrogen and oxygen atoms in total. The van der Waals surface area contributed by atoms with Crippen molar-refractivity contribution < 1.29 is 18.7 Å². The largest absolute Gasteiger partial charge is 0.497 e. The Balaban J connectivity index is 1.72. The van der Waals surface area contributed by atoms with Crippen molar-refractivity contribution in [3.05, 3.63) is 67.0 Å². The number of ether oxygens (including phenoxy) is 1. The molecule has 150 valence electrons. The lowest BCUT2D eigenvalue weighted by Gasteiger charge is -2.14. The number of carbonyl (C=O) groups is 2. The first-order chi connectivity index (χ1) is 14.0. The number of benzene rings is 2. The minimum Gasteiger partial charge on any atom is -0.497 e. The predicted molar refractivity (Wildman–Crippen MR) is 113 cm³/mol. The van der Waals surface area contributed by atoms with Gasteiger partial charge in [-0.2, -0.15) is 0 Å². The number of nitrogens with zero attached hydrogens (tertiary/aromatic N) is 2. The third-order valence-electron chi connectivity index (χ3n) is 4.14. The maximum atomic E-state index is 13.9. The summed E-state index contributed by atoms with van der Waals surface area (Å²) in [5.41, 5.74) is 0.745. The number of aliphatic imine (C=N–C) groups is 1. The van der Waals surface area contributed by atoms with Crippen LogP contribution >= 0.6 is 11.8 Å². The number of hydrogen-bond acceptors (Lipinski definition) is 5. The second-order valence-corrected chi connectivity index (χ2v) is 7.34. The van der Waals surface area contributed by atoms with Crippen LogP contribution < -0.4 is 10.1 Å². The Hall–Kier alpha value is -3.13. The van der Waals surface area contributed by atoms with Gasteiger partial charge in [0, 0.05) is 18.7 Å². The smallest absolute Gasteiger partial charge is 0.242 e. The van der Waals surface area contributed by atoms with E-state index in [1.54, 1.807) is 49.6 Å². The van der Waals surface area contributed by atoms with E-state index in [0.29, 0.717) is 16.6 Å². The summed E-state index contributed by atoms with van der Waals surface area (Å²) in [6.45, 7) is 3.88. The Kier molecular flexibility index (Phi) is 6.66. The van der Waals surface area contributed by atoms with Gasteiger partial charge in [-0.25, -0.2) is 9.38 Å². The quantitative estimate of drug-likeness (QED) is 0.697. The van der Waals surface area contributed by atoms with Crippen molar-refractivity contribution >= 4 is 40.1 Å². The van der Waals surface area contributed by atoms with Crippen LogP contribution in [0.1, 0.15) is 6.42 Å². The third-order valence-corrected chi connectivity index (χ3v) is 5.32. The molecular formula is C21H20FN3O3S. The topological polar surface area (TPSA) is 71.0 Å². The summed E-state index contributed by atoms with van der Waals surface area (Å²) in [6.07, 6.45) is 1.54. The average Bonchev–Trinajstić information content (AvgIpc) is 2.99. The van der Waals surface area contributed by atoms with Crippen LogP contribution in [-0.4, -0.2) is 40.8 Å². The van der Waals surface area contributed by atoms with Crippen molar-refractivity contribution in [3.8, 4) is 5.75 Å². The number of amides is 2. The average molecular weight is 413 g/mol. The van der Waals surface area contributed by atoms with Gasteiger partial charge in [-0.1, -0.05) is 30.0 Å². The minimum atomic E-state index is -0.640. The SMILES string of the molecule is C=CCN1C(=O)[C@@H](CC(=O)Nc2ccc(OC)cc2)SC1=Nc1ccccc1F. The molecule has 0 unspecified atom stereocenters. The molecule has 0 radical (unpaired) electrons. The Morgan fingerprint density at radius 2 is 2.03 bits per heavy atom. The van der Waals surface area contributed by atoms with Crippen LogP contribution in [0.25, 0.3) is 0 Å².